The van der Waals surface area contributed by atoms with Crippen molar-refractivity contribution in [2.75, 3.05) is 0 Å². The molecule has 0 N–H and O–H groups in total. The topological polar surface area (TPSA) is 72.9 Å². The molecule has 18 heavy (non-hydrogen) atoms. The lowest BCUT2D eigenvalue weighted by molar-refractivity contribution is -0.195. The predicted octanol–water partition coefficient (Wildman–Crippen LogP) is 1.41. The first kappa shape index (κ1) is 12.6. The zero-order valence-corrected chi connectivity index (χ0v) is 10.5. The van der Waals surface area contributed by atoms with Crippen molar-refractivity contribution in [1.82, 2.24) is 5.06 Å². The van der Waals surface area contributed by atoms with Gasteiger partial charge in [-0.2, -0.15) is 0 Å². The number of nitrogens with zero attached hydrogens (tertiary/aromatic N) is 1. The Balaban J connectivity index is 2.04. The molecule has 1 heterocycles. The Hall–Kier alpha value is -1.85. The summed E-state index contributed by atoms with van der Waals surface area (Å²) in [5, 5.41) is 0.521. The van der Waals surface area contributed by atoms with Gasteiger partial charge in [-0.15, -0.1) is 0 Å². The Morgan fingerprint density at radius 1 is 1.22 bits per heavy atom. The number of amides is 2. The highest BCUT2D eigenvalue weighted by atomic mass is 16.8. The smallest absolute Gasteiger partial charge is 0.427 e. The highest BCUT2D eigenvalue weighted by molar-refractivity contribution is 6.02. The summed E-state index contributed by atoms with van der Waals surface area (Å²) in [5.74, 6) is -1.79. The number of hydrogen-bond donors (Lipinski definition) is 0. The molecule has 2 rings (SSSR count). The molecule has 0 aromatic rings. The van der Waals surface area contributed by atoms with E-state index in [0.29, 0.717) is 11.5 Å². The maximum absolute atomic E-state index is 11.8. The zero-order valence-electron chi connectivity index (χ0n) is 10.5. The van der Waals surface area contributed by atoms with Crippen LogP contribution in [0.5, 0.6) is 0 Å². The van der Waals surface area contributed by atoms with Gasteiger partial charge in [-0.1, -0.05) is 17.2 Å². The predicted molar refractivity (Wildman–Crippen MR) is 59.9 cm³/mol. The van der Waals surface area contributed by atoms with E-state index < -0.39 is 23.6 Å². The molecule has 98 valence electrons. The standard InChI is InChI=1S/C12H15NO5/c1-12(2,3)17-11(16)18-13-9(14)7-4-5-8(6-7)10(13)15/h4-5,7-8H,6H2,1-3H3. The average Bonchev–Trinajstić information content (AvgIpc) is 2.66. The fraction of sp³-hybridized carbons (Fsp3) is 0.583. The van der Waals surface area contributed by atoms with Crippen LogP contribution in [0.3, 0.4) is 0 Å². The summed E-state index contributed by atoms with van der Waals surface area (Å²) in [4.78, 5) is 39.8. The number of carbonyl (C=O) groups excluding carboxylic acids is 3. The molecule has 0 aromatic carbocycles. The molecule has 2 atom stereocenters. The minimum absolute atomic E-state index is 0.380. The monoisotopic (exact) mass is 253 g/mol. The maximum atomic E-state index is 11.8. The third-order valence-corrected chi connectivity index (χ3v) is 2.67. The Morgan fingerprint density at radius 2 is 1.72 bits per heavy atom. The van der Waals surface area contributed by atoms with E-state index in [1.807, 2.05) is 0 Å². The summed E-state index contributed by atoms with van der Waals surface area (Å²) in [6.07, 6.45) is 2.75. The van der Waals surface area contributed by atoms with Gasteiger partial charge < -0.3 is 4.74 Å². The third-order valence-electron chi connectivity index (χ3n) is 2.67. The van der Waals surface area contributed by atoms with Crippen molar-refractivity contribution >= 4 is 18.0 Å². The quantitative estimate of drug-likeness (QED) is 0.401. The average molecular weight is 253 g/mol. The summed E-state index contributed by atoms with van der Waals surface area (Å²) in [6.45, 7) is 5.00. The van der Waals surface area contributed by atoms with E-state index in [4.69, 9.17) is 9.57 Å². The molecule has 6 heteroatoms. The lowest BCUT2D eigenvalue weighted by Gasteiger charge is -2.28. The summed E-state index contributed by atoms with van der Waals surface area (Å²) < 4.78 is 4.90. The van der Waals surface area contributed by atoms with Gasteiger partial charge >= 0.3 is 6.16 Å². The largest absolute Gasteiger partial charge is 0.534 e. The molecular weight excluding hydrogens is 238 g/mol. The van der Waals surface area contributed by atoms with Crippen molar-refractivity contribution in [2.45, 2.75) is 32.8 Å². The molecule has 2 unspecified atom stereocenters. The van der Waals surface area contributed by atoms with Crippen LogP contribution in [0.2, 0.25) is 0 Å². The van der Waals surface area contributed by atoms with Crippen LogP contribution in [0.1, 0.15) is 27.2 Å². The van der Waals surface area contributed by atoms with E-state index in [9.17, 15) is 14.4 Å². The number of hydrogen-bond acceptors (Lipinski definition) is 5. The molecule has 1 aliphatic heterocycles. The van der Waals surface area contributed by atoms with Crippen LogP contribution in [0.25, 0.3) is 0 Å². The third kappa shape index (κ3) is 2.37. The van der Waals surface area contributed by atoms with Gasteiger partial charge in [0.1, 0.15) is 5.60 Å². The molecule has 2 amide bonds. The van der Waals surface area contributed by atoms with E-state index in [-0.39, 0.29) is 11.8 Å². The van der Waals surface area contributed by atoms with Crippen molar-refractivity contribution in [3.05, 3.63) is 12.2 Å². The zero-order chi connectivity index (χ0) is 13.5. The highest BCUT2D eigenvalue weighted by Gasteiger charge is 2.45. The lowest BCUT2D eigenvalue weighted by Crippen LogP contribution is -2.48. The van der Waals surface area contributed by atoms with Gasteiger partial charge in [0, 0.05) is 0 Å². The van der Waals surface area contributed by atoms with Gasteiger partial charge in [0.2, 0.25) is 0 Å². The number of imide groups is 1. The fourth-order valence-corrected chi connectivity index (χ4v) is 1.91. The molecule has 1 fully saturated rings. The SMILES string of the molecule is CC(C)(C)OC(=O)ON1C(=O)C2C=CC(C2)C1=O. The molecule has 2 aliphatic rings. The number of rotatable bonds is 1. The second-order valence-corrected chi connectivity index (χ2v) is 5.36. The first-order valence-corrected chi connectivity index (χ1v) is 5.75. The minimum Gasteiger partial charge on any atom is -0.427 e. The van der Waals surface area contributed by atoms with E-state index >= 15 is 0 Å². The van der Waals surface area contributed by atoms with Gasteiger partial charge in [0.25, 0.3) is 11.8 Å². The van der Waals surface area contributed by atoms with Gasteiger partial charge in [-0.05, 0) is 27.2 Å². The first-order valence-electron chi connectivity index (χ1n) is 5.75. The van der Waals surface area contributed by atoms with Crippen molar-refractivity contribution in [3.63, 3.8) is 0 Å². The number of hydroxylamine groups is 2. The highest BCUT2D eigenvalue weighted by Crippen LogP contribution is 2.32. The molecule has 1 saturated heterocycles. The van der Waals surface area contributed by atoms with Gasteiger partial charge in [0.05, 0.1) is 11.8 Å². The molecule has 0 aromatic heterocycles. The number of carbonyl (C=O) groups is 3. The Kier molecular flexibility index (Phi) is 2.88. The van der Waals surface area contributed by atoms with Crippen LogP contribution in [0.4, 0.5) is 4.79 Å². The normalized spacial score (nSPS) is 26.5. The first-order chi connectivity index (χ1) is 8.28. The van der Waals surface area contributed by atoms with Crippen LogP contribution < -0.4 is 0 Å². The van der Waals surface area contributed by atoms with Crippen molar-refractivity contribution in [1.29, 1.82) is 0 Å². The number of piperidine rings is 1. The number of ether oxygens (including phenoxy) is 1. The van der Waals surface area contributed by atoms with E-state index in [2.05, 4.69) is 0 Å². The Morgan fingerprint density at radius 3 is 2.17 bits per heavy atom. The molecule has 0 radical (unpaired) electrons. The van der Waals surface area contributed by atoms with Crippen LogP contribution in [-0.4, -0.2) is 28.6 Å². The Labute approximate surface area is 104 Å². The summed E-state index contributed by atoms with van der Waals surface area (Å²) in [5.41, 5.74) is -0.740. The molecule has 0 saturated carbocycles. The van der Waals surface area contributed by atoms with Gasteiger partial charge in [-0.25, -0.2) is 4.79 Å². The van der Waals surface area contributed by atoms with Crippen molar-refractivity contribution < 1.29 is 24.0 Å². The van der Waals surface area contributed by atoms with Crippen molar-refractivity contribution in [3.8, 4) is 0 Å². The van der Waals surface area contributed by atoms with Gasteiger partial charge in [0.15, 0.2) is 0 Å². The lowest BCUT2D eigenvalue weighted by atomic mass is 9.97. The summed E-state index contributed by atoms with van der Waals surface area (Å²) in [6, 6.07) is 0. The fourth-order valence-electron chi connectivity index (χ4n) is 1.91. The minimum atomic E-state index is -1.05. The molecule has 2 bridgehead atoms. The van der Waals surface area contributed by atoms with Crippen LogP contribution in [0.15, 0.2) is 12.2 Å². The molecular formula is C12H15NO5. The van der Waals surface area contributed by atoms with Crippen LogP contribution in [-0.2, 0) is 19.2 Å². The maximum Gasteiger partial charge on any atom is 0.534 e. The summed E-state index contributed by atoms with van der Waals surface area (Å²) >= 11 is 0. The molecule has 1 aliphatic carbocycles. The van der Waals surface area contributed by atoms with Gasteiger partial charge in [-0.3, -0.25) is 14.4 Å². The second-order valence-electron chi connectivity index (χ2n) is 5.36. The number of fused-ring (bicyclic) bond motifs is 2. The van der Waals surface area contributed by atoms with E-state index in [0.717, 1.165) is 0 Å². The molecule has 6 nitrogen and oxygen atoms in total. The Bertz CT molecular complexity index is 410. The molecule has 0 spiro atoms. The van der Waals surface area contributed by atoms with E-state index in [1.165, 1.54) is 0 Å². The second kappa shape index (κ2) is 4.12. The van der Waals surface area contributed by atoms with Crippen LogP contribution in [0, 0.1) is 11.8 Å². The van der Waals surface area contributed by atoms with E-state index in [1.54, 1.807) is 32.9 Å². The van der Waals surface area contributed by atoms with Crippen LogP contribution >= 0.6 is 0 Å². The van der Waals surface area contributed by atoms with Crippen molar-refractivity contribution in [2.24, 2.45) is 11.8 Å². The summed E-state index contributed by atoms with van der Waals surface area (Å²) in [7, 11) is 0.